The number of rotatable bonds is 7. The summed E-state index contributed by atoms with van der Waals surface area (Å²) in [5.41, 5.74) is 4.30. The van der Waals surface area contributed by atoms with Crippen molar-refractivity contribution in [3.63, 3.8) is 0 Å². The number of nitrogens with one attached hydrogen (secondary N) is 2. The van der Waals surface area contributed by atoms with Crippen LogP contribution in [0.1, 0.15) is 49.3 Å². The van der Waals surface area contributed by atoms with Crippen LogP contribution >= 0.6 is 0 Å². The molecule has 0 saturated carbocycles. The first-order valence-corrected chi connectivity index (χ1v) is 11.8. The third-order valence-corrected chi connectivity index (χ3v) is 6.51. The van der Waals surface area contributed by atoms with E-state index in [0.29, 0.717) is 19.5 Å². The number of hydrogen-bond donors (Lipinski definition) is 2. The van der Waals surface area contributed by atoms with E-state index in [1.54, 1.807) is 0 Å². The number of anilines is 1. The average molecular weight is 435 g/mol. The largest absolute Gasteiger partial charge is 0.334 e. The van der Waals surface area contributed by atoms with Crippen molar-refractivity contribution in [2.24, 2.45) is 5.92 Å². The summed E-state index contributed by atoms with van der Waals surface area (Å²) in [5, 5.41) is 5.83. The van der Waals surface area contributed by atoms with Crippen LogP contribution in [-0.4, -0.2) is 36.5 Å². The van der Waals surface area contributed by atoms with Crippen molar-refractivity contribution >= 4 is 17.6 Å². The highest BCUT2D eigenvalue weighted by atomic mass is 16.2. The number of amides is 3. The van der Waals surface area contributed by atoms with Crippen molar-refractivity contribution in [3.05, 3.63) is 65.2 Å². The number of likely N-dealkylation sites (tertiary alicyclic amines) is 1. The molecule has 0 aliphatic carbocycles. The quantitative estimate of drug-likeness (QED) is 0.691. The summed E-state index contributed by atoms with van der Waals surface area (Å²) in [6.07, 6.45) is 4.10. The molecule has 3 amide bonds. The Labute approximate surface area is 191 Å². The summed E-state index contributed by atoms with van der Waals surface area (Å²) in [6, 6.07) is 16.1. The molecule has 4 rings (SSSR count). The molecule has 6 nitrogen and oxygen atoms in total. The van der Waals surface area contributed by atoms with E-state index >= 15 is 0 Å². The molecular formula is C26H34N4O2. The predicted octanol–water partition coefficient (Wildman–Crippen LogP) is 4.04. The van der Waals surface area contributed by atoms with Crippen molar-refractivity contribution in [2.45, 2.75) is 52.2 Å². The lowest BCUT2D eigenvalue weighted by Crippen LogP contribution is -2.34. The molecule has 2 saturated heterocycles. The molecule has 2 aromatic carbocycles. The summed E-state index contributed by atoms with van der Waals surface area (Å²) < 4.78 is 0. The van der Waals surface area contributed by atoms with Crippen LogP contribution in [0.3, 0.4) is 0 Å². The fraction of sp³-hybridized carbons (Fsp3) is 0.462. The van der Waals surface area contributed by atoms with Crippen molar-refractivity contribution in [2.75, 3.05) is 24.5 Å². The SMILES string of the molecule is CC1CCN(Cc2ccc(CNC(=O)NCc3cccc(N4CCCC4=O)c3)cc2)CC1. The van der Waals surface area contributed by atoms with Crippen LogP contribution in [0.15, 0.2) is 48.5 Å². The predicted molar refractivity (Wildman–Crippen MR) is 127 cm³/mol. The van der Waals surface area contributed by atoms with Crippen molar-refractivity contribution < 1.29 is 9.59 Å². The van der Waals surface area contributed by atoms with E-state index in [9.17, 15) is 9.59 Å². The minimum Gasteiger partial charge on any atom is -0.334 e. The number of hydrogen-bond acceptors (Lipinski definition) is 3. The Kier molecular flexibility index (Phi) is 7.43. The first kappa shape index (κ1) is 22.3. The van der Waals surface area contributed by atoms with Crippen LogP contribution < -0.4 is 15.5 Å². The maximum absolute atomic E-state index is 12.2. The smallest absolute Gasteiger partial charge is 0.315 e. The van der Waals surface area contributed by atoms with Crippen molar-refractivity contribution in [1.29, 1.82) is 0 Å². The Morgan fingerprint density at radius 2 is 1.62 bits per heavy atom. The van der Waals surface area contributed by atoms with Crippen LogP contribution in [0, 0.1) is 5.92 Å². The van der Waals surface area contributed by atoms with Gasteiger partial charge in [-0.1, -0.05) is 43.3 Å². The highest BCUT2D eigenvalue weighted by molar-refractivity contribution is 5.95. The molecule has 0 unspecified atom stereocenters. The van der Waals surface area contributed by atoms with E-state index in [4.69, 9.17) is 0 Å². The van der Waals surface area contributed by atoms with Crippen molar-refractivity contribution in [3.8, 4) is 0 Å². The van der Waals surface area contributed by atoms with E-state index < -0.39 is 0 Å². The second kappa shape index (κ2) is 10.6. The number of carbonyl (C=O) groups excluding carboxylic acids is 2. The maximum Gasteiger partial charge on any atom is 0.315 e. The molecule has 2 aliphatic rings. The molecule has 2 aromatic rings. The van der Waals surface area contributed by atoms with Gasteiger partial charge in [0.2, 0.25) is 5.91 Å². The zero-order valence-corrected chi connectivity index (χ0v) is 19.0. The van der Waals surface area contributed by atoms with Gasteiger partial charge in [-0.25, -0.2) is 4.79 Å². The fourth-order valence-corrected chi connectivity index (χ4v) is 4.42. The zero-order chi connectivity index (χ0) is 22.3. The first-order valence-electron chi connectivity index (χ1n) is 11.8. The summed E-state index contributed by atoms with van der Waals surface area (Å²) >= 11 is 0. The second-order valence-corrected chi connectivity index (χ2v) is 9.13. The Morgan fingerprint density at radius 3 is 2.31 bits per heavy atom. The van der Waals surface area contributed by atoms with Gasteiger partial charge in [0, 0.05) is 38.3 Å². The monoisotopic (exact) mass is 434 g/mol. The Hall–Kier alpha value is -2.86. The molecule has 0 radical (unpaired) electrons. The van der Waals surface area contributed by atoms with Crippen LogP contribution in [-0.2, 0) is 24.4 Å². The first-order chi connectivity index (χ1) is 15.6. The summed E-state index contributed by atoms with van der Waals surface area (Å²) in [5.74, 6) is 1.02. The molecule has 2 heterocycles. The van der Waals surface area contributed by atoms with Crippen LogP contribution in [0.4, 0.5) is 10.5 Å². The number of urea groups is 1. The molecule has 0 aromatic heterocycles. The van der Waals surface area contributed by atoms with E-state index in [0.717, 1.165) is 42.2 Å². The Morgan fingerprint density at radius 1 is 0.938 bits per heavy atom. The van der Waals surface area contributed by atoms with Crippen LogP contribution in [0.25, 0.3) is 0 Å². The molecule has 0 bridgehead atoms. The molecule has 0 spiro atoms. The van der Waals surface area contributed by atoms with Gasteiger partial charge in [-0.15, -0.1) is 0 Å². The van der Waals surface area contributed by atoms with Gasteiger partial charge in [0.15, 0.2) is 0 Å². The molecule has 6 heteroatoms. The minimum absolute atomic E-state index is 0.171. The molecular weight excluding hydrogens is 400 g/mol. The second-order valence-electron chi connectivity index (χ2n) is 9.13. The number of nitrogens with zero attached hydrogens (tertiary/aromatic N) is 2. The van der Waals surface area contributed by atoms with Gasteiger partial charge in [0.05, 0.1) is 0 Å². The topological polar surface area (TPSA) is 64.7 Å². The Bertz CT molecular complexity index is 920. The van der Waals surface area contributed by atoms with Gasteiger partial charge < -0.3 is 15.5 Å². The third-order valence-electron chi connectivity index (χ3n) is 6.51. The highest BCUT2D eigenvalue weighted by Crippen LogP contribution is 2.22. The molecule has 32 heavy (non-hydrogen) atoms. The van der Waals surface area contributed by atoms with Crippen molar-refractivity contribution in [1.82, 2.24) is 15.5 Å². The zero-order valence-electron chi connectivity index (χ0n) is 19.0. The van der Waals surface area contributed by atoms with Crippen LogP contribution in [0.5, 0.6) is 0 Å². The van der Waals surface area contributed by atoms with E-state index in [-0.39, 0.29) is 11.9 Å². The molecule has 0 atom stereocenters. The normalized spacial score (nSPS) is 17.5. The summed E-state index contributed by atoms with van der Waals surface area (Å²) in [7, 11) is 0. The van der Waals surface area contributed by atoms with E-state index in [2.05, 4.69) is 46.7 Å². The van der Waals surface area contributed by atoms with Gasteiger partial charge in [-0.2, -0.15) is 0 Å². The lowest BCUT2D eigenvalue weighted by Gasteiger charge is -2.30. The standard InChI is InChI=1S/C26H34N4O2/c1-20-11-14-29(15-12-20)19-22-9-7-21(8-10-22)17-27-26(32)28-18-23-4-2-5-24(16-23)30-13-3-6-25(30)31/h2,4-5,7-10,16,20H,3,6,11-15,17-19H2,1H3,(H2,27,28,32). The molecule has 2 fully saturated rings. The summed E-state index contributed by atoms with van der Waals surface area (Å²) in [6.45, 7) is 7.40. The van der Waals surface area contributed by atoms with Gasteiger partial charge >= 0.3 is 6.03 Å². The average Bonchev–Trinajstić information content (AvgIpc) is 3.25. The lowest BCUT2D eigenvalue weighted by molar-refractivity contribution is -0.117. The van der Waals surface area contributed by atoms with Gasteiger partial charge in [-0.05, 0) is 67.1 Å². The van der Waals surface area contributed by atoms with Gasteiger partial charge in [0.25, 0.3) is 0 Å². The number of benzene rings is 2. The van der Waals surface area contributed by atoms with Gasteiger partial charge in [-0.3, -0.25) is 9.69 Å². The fourth-order valence-electron chi connectivity index (χ4n) is 4.42. The summed E-state index contributed by atoms with van der Waals surface area (Å²) in [4.78, 5) is 28.5. The molecule has 2 N–H and O–H groups in total. The Balaban J connectivity index is 1.20. The molecule has 2 aliphatic heterocycles. The van der Waals surface area contributed by atoms with Crippen LogP contribution in [0.2, 0.25) is 0 Å². The lowest BCUT2D eigenvalue weighted by atomic mass is 9.99. The van der Waals surface area contributed by atoms with E-state index in [1.807, 2.05) is 29.2 Å². The highest BCUT2D eigenvalue weighted by Gasteiger charge is 2.21. The number of carbonyl (C=O) groups is 2. The van der Waals surface area contributed by atoms with Gasteiger partial charge in [0.1, 0.15) is 0 Å². The molecule has 170 valence electrons. The third kappa shape index (κ3) is 6.10. The maximum atomic E-state index is 12.2. The number of piperidine rings is 1. The van der Waals surface area contributed by atoms with E-state index in [1.165, 1.54) is 31.5 Å². The minimum atomic E-state index is -0.195.